The topological polar surface area (TPSA) is 29.9 Å². The van der Waals surface area contributed by atoms with Crippen molar-refractivity contribution in [1.82, 2.24) is 14.9 Å². The van der Waals surface area contributed by atoms with Gasteiger partial charge in [0.1, 0.15) is 11.0 Å². The van der Waals surface area contributed by atoms with Crippen LogP contribution in [-0.2, 0) is 6.54 Å². The molecule has 1 rings (SSSR count). The minimum Gasteiger partial charge on any atom is -0.318 e. The molecular formula is C8H14ClN3. The van der Waals surface area contributed by atoms with Gasteiger partial charge in [0.05, 0.1) is 5.69 Å². The largest absolute Gasteiger partial charge is 0.318 e. The number of nitrogens with one attached hydrogen (secondary N) is 1. The zero-order chi connectivity index (χ0) is 9.14. The van der Waals surface area contributed by atoms with Gasteiger partial charge in [-0.15, -0.1) is 0 Å². The molecule has 4 heteroatoms. The van der Waals surface area contributed by atoms with E-state index in [1.54, 1.807) is 0 Å². The van der Waals surface area contributed by atoms with E-state index in [0.717, 1.165) is 29.8 Å². The Balaban J connectivity index is 2.82. The molecule has 0 aliphatic carbocycles. The van der Waals surface area contributed by atoms with Gasteiger partial charge in [-0.2, -0.15) is 0 Å². The number of nitrogens with zero attached hydrogens (tertiary/aromatic N) is 2. The van der Waals surface area contributed by atoms with Crippen LogP contribution >= 0.6 is 11.6 Å². The summed E-state index contributed by atoms with van der Waals surface area (Å²) in [6, 6.07) is 0. The second-order valence-electron chi connectivity index (χ2n) is 2.79. The van der Waals surface area contributed by atoms with Crippen molar-refractivity contribution in [2.45, 2.75) is 20.4 Å². The first kappa shape index (κ1) is 9.55. The molecule has 1 heterocycles. The second kappa shape index (κ2) is 3.92. The lowest BCUT2D eigenvalue weighted by molar-refractivity contribution is 0.630. The van der Waals surface area contributed by atoms with Crippen molar-refractivity contribution in [2.24, 2.45) is 0 Å². The number of hydrogen-bond donors (Lipinski definition) is 1. The number of likely N-dealkylation sites (N-methyl/N-ethyl adjacent to an activating group) is 1. The maximum Gasteiger partial charge on any atom is 0.131 e. The fourth-order valence-electron chi connectivity index (χ4n) is 1.17. The van der Waals surface area contributed by atoms with Crippen molar-refractivity contribution in [3.63, 3.8) is 0 Å². The minimum atomic E-state index is 0.753. The van der Waals surface area contributed by atoms with Gasteiger partial charge in [0.2, 0.25) is 0 Å². The summed E-state index contributed by atoms with van der Waals surface area (Å²) in [7, 11) is 1.92. The molecule has 0 aromatic carbocycles. The Kier molecular flexibility index (Phi) is 3.12. The fourth-order valence-corrected chi connectivity index (χ4v) is 1.42. The number of hydrogen-bond acceptors (Lipinski definition) is 2. The molecule has 1 aromatic rings. The van der Waals surface area contributed by atoms with Gasteiger partial charge in [0.15, 0.2) is 0 Å². The molecule has 3 nitrogen and oxygen atoms in total. The first-order chi connectivity index (χ1) is 5.66. The molecule has 0 aliphatic heterocycles. The number of imidazole rings is 1. The molecule has 0 amide bonds. The van der Waals surface area contributed by atoms with Gasteiger partial charge in [-0.05, 0) is 20.9 Å². The van der Waals surface area contributed by atoms with E-state index in [0.29, 0.717) is 0 Å². The highest BCUT2D eigenvalue weighted by Gasteiger charge is 2.07. The standard InChI is InChI=1S/C8H14ClN3/c1-6-8(9)12(5-4-10-3)7(2)11-6/h10H,4-5H2,1-3H3. The third-order valence-corrected chi connectivity index (χ3v) is 2.32. The van der Waals surface area contributed by atoms with Gasteiger partial charge >= 0.3 is 0 Å². The van der Waals surface area contributed by atoms with Crippen LogP contribution in [0, 0.1) is 13.8 Å². The van der Waals surface area contributed by atoms with Crippen molar-refractivity contribution in [3.8, 4) is 0 Å². The van der Waals surface area contributed by atoms with Crippen LogP contribution in [0.2, 0.25) is 5.15 Å². The third kappa shape index (κ3) is 1.79. The van der Waals surface area contributed by atoms with E-state index in [-0.39, 0.29) is 0 Å². The molecule has 1 aromatic heterocycles. The van der Waals surface area contributed by atoms with Crippen molar-refractivity contribution >= 4 is 11.6 Å². The van der Waals surface area contributed by atoms with Crippen LogP contribution in [-0.4, -0.2) is 23.1 Å². The molecule has 1 N–H and O–H groups in total. The summed E-state index contributed by atoms with van der Waals surface area (Å²) >= 11 is 6.02. The number of aromatic nitrogens is 2. The second-order valence-corrected chi connectivity index (χ2v) is 3.15. The highest BCUT2D eigenvalue weighted by atomic mass is 35.5. The first-order valence-electron chi connectivity index (χ1n) is 4.00. The van der Waals surface area contributed by atoms with Gasteiger partial charge in [-0.3, -0.25) is 0 Å². The average molecular weight is 188 g/mol. The molecule has 0 spiro atoms. The summed E-state index contributed by atoms with van der Waals surface area (Å²) < 4.78 is 2.01. The van der Waals surface area contributed by atoms with E-state index in [1.807, 2.05) is 25.5 Å². The van der Waals surface area contributed by atoms with Crippen LogP contribution in [0.15, 0.2) is 0 Å². The van der Waals surface area contributed by atoms with E-state index in [2.05, 4.69) is 10.3 Å². The Bertz CT molecular complexity index is 268. The molecule has 0 aliphatic rings. The molecule has 0 atom stereocenters. The molecule has 0 fully saturated rings. The van der Waals surface area contributed by atoms with Crippen LogP contribution < -0.4 is 5.32 Å². The Labute approximate surface area is 77.7 Å². The van der Waals surface area contributed by atoms with Crippen LogP contribution in [0.5, 0.6) is 0 Å². The summed E-state index contributed by atoms with van der Waals surface area (Å²) in [5, 5.41) is 3.83. The van der Waals surface area contributed by atoms with Gasteiger partial charge in [0.25, 0.3) is 0 Å². The van der Waals surface area contributed by atoms with Gasteiger partial charge < -0.3 is 9.88 Å². The Hall–Kier alpha value is -0.540. The predicted octanol–water partition coefficient (Wildman–Crippen LogP) is 1.37. The molecule has 0 saturated carbocycles. The molecule has 0 bridgehead atoms. The maximum atomic E-state index is 6.02. The number of rotatable bonds is 3. The molecule has 12 heavy (non-hydrogen) atoms. The summed E-state index contributed by atoms with van der Waals surface area (Å²) in [6.45, 7) is 5.68. The van der Waals surface area contributed by atoms with Gasteiger partial charge in [0, 0.05) is 13.1 Å². The first-order valence-corrected chi connectivity index (χ1v) is 4.38. The molecule has 68 valence electrons. The highest BCUT2D eigenvalue weighted by Crippen LogP contribution is 2.15. The number of halogens is 1. The monoisotopic (exact) mass is 187 g/mol. The zero-order valence-electron chi connectivity index (χ0n) is 7.69. The van der Waals surface area contributed by atoms with Crippen LogP contribution in [0.3, 0.4) is 0 Å². The lowest BCUT2D eigenvalue weighted by Gasteiger charge is -2.05. The van der Waals surface area contributed by atoms with Crippen LogP contribution in [0.4, 0.5) is 0 Å². The smallest absolute Gasteiger partial charge is 0.131 e. The summed E-state index contributed by atoms with van der Waals surface area (Å²) in [6.07, 6.45) is 0. The quantitative estimate of drug-likeness (QED) is 0.775. The third-order valence-electron chi connectivity index (χ3n) is 1.84. The summed E-state index contributed by atoms with van der Waals surface area (Å²) in [5.41, 5.74) is 0.908. The molecule has 0 radical (unpaired) electrons. The summed E-state index contributed by atoms with van der Waals surface area (Å²) in [4.78, 5) is 4.27. The van der Waals surface area contributed by atoms with Gasteiger partial charge in [-0.25, -0.2) is 4.98 Å². The molecule has 0 unspecified atom stereocenters. The normalized spacial score (nSPS) is 10.7. The van der Waals surface area contributed by atoms with Crippen molar-refractivity contribution in [3.05, 3.63) is 16.7 Å². The fraction of sp³-hybridized carbons (Fsp3) is 0.625. The number of aryl methyl sites for hydroxylation is 2. The van der Waals surface area contributed by atoms with E-state index >= 15 is 0 Å². The zero-order valence-corrected chi connectivity index (χ0v) is 8.44. The Morgan fingerprint density at radius 3 is 2.58 bits per heavy atom. The van der Waals surface area contributed by atoms with E-state index in [4.69, 9.17) is 11.6 Å². The van der Waals surface area contributed by atoms with Gasteiger partial charge in [-0.1, -0.05) is 11.6 Å². The molecular weight excluding hydrogens is 174 g/mol. The minimum absolute atomic E-state index is 0.753. The van der Waals surface area contributed by atoms with E-state index in [1.165, 1.54) is 0 Å². The van der Waals surface area contributed by atoms with E-state index in [9.17, 15) is 0 Å². The van der Waals surface area contributed by atoms with Crippen molar-refractivity contribution in [1.29, 1.82) is 0 Å². The maximum absolute atomic E-state index is 6.02. The SMILES string of the molecule is CNCCn1c(C)nc(C)c1Cl. The predicted molar refractivity (Wildman–Crippen MR) is 50.6 cm³/mol. The Morgan fingerprint density at radius 2 is 2.17 bits per heavy atom. The summed E-state index contributed by atoms with van der Waals surface area (Å²) in [5.74, 6) is 0.979. The van der Waals surface area contributed by atoms with Crippen LogP contribution in [0.1, 0.15) is 11.5 Å². The van der Waals surface area contributed by atoms with Crippen molar-refractivity contribution < 1.29 is 0 Å². The Morgan fingerprint density at radius 1 is 1.50 bits per heavy atom. The van der Waals surface area contributed by atoms with Crippen LogP contribution in [0.25, 0.3) is 0 Å². The molecule has 0 saturated heterocycles. The lowest BCUT2D eigenvalue weighted by atomic mass is 10.5. The highest BCUT2D eigenvalue weighted by molar-refractivity contribution is 6.30. The van der Waals surface area contributed by atoms with E-state index < -0.39 is 0 Å². The van der Waals surface area contributed by atoms with Crippen molar-refractivity contribution in [2.75, 3.05) is 13.6 Å². The lowest BCUT2D eigenvalue weighted by Crippen LogP contribution is -2.15. The average Bonchev–Trinajstić information content (AvgIpc) is 2.25.